The minimum Gasteiger partial charge on any atom is -0.391 e. The first-order chi connectivity index (χ1) is 13.8. The van der Waals surface area contributed by atoms with Crippen molar-refractivity contribution in [2.45, 2.75) is 32.8 Å². The molecule has 1 aliphatic rings. The largest absolute Gasteiger partial charge is 0.391 e. The summed E-state index contributed by atoms with van der Waals surface area (Å²) in [6, 6.07) is 5.67. The van der Waals surface area contributed by atoms with Crippen molar-refractivity contribution in [3.8, 4) is 0 Å². The van der Waals surface area contributed by atoms with Gasteiger partial charge < -0.3 is 19.5 Å². The number of hydrogen-bond donors (Lipinski definition) is 2. The van der Waals surface area contributed by atoms with Crippen LogP contribution >= 0.6 is 0 Å². The molecule has 1 atom stereocenters. The van der Waals surface area contributed by atoms with Crippen LogP contribution in [0, 0.1) is 13.8 Å². The van der Waals surface area contributed by atoms with E-state index in [1.54, 1.807) is 4.90 Å². The Morgan fingerprint density at radius 1 is 1.38 bits per heavy atom. The third-order valence-electron chi connectivity index (χ3n) is 5.88. The number of nitrogens with zero attached hydrogens (tertiary/aromatic N) is 5. The number of β-amino-alcohol motifs (C(OH)–C–C–N with tert-alkyl or cyclic N) is 1. The molecular weight excluding hydrogens is 368 g/mol. The summed E-state index contributed by atoms with van der Waals surface area (Å²) in [6.45, 7) is 5.99. The van der Waals surface area contributed by atoms with Gasteiger partial charge in [-0.15, -0.1) is 0 Å². The molecule has 8 nitrogen and oxygen atoms in total. The maximum atomic E-state index is 12.9. The van der Waals surface area contributed by atoms with Crippen LogP contribution in [0.5, 0.6) is 0 Å². The first-order valence-corrected chi connectivity index (χ1v) is 10.0. The molecule has 1 aromatic carbocycles. The smallest absolute Gasteiger partial charge is 0.253 e. The van der Waals surface area contributed by atoms with E-state index in [1.165, 1.54) is 5.56 Å². The number of nitrogens with one attached hydrogen (secondary N) is 1. The third-order valence-corrected chi connectivity index (χ3v) is 5.88. The standard InChI is InChI=1S/C21H28N6O2/c1-13-17(14(2)24-23-13)8-9-25(3)20(29)15-5-6-19-18(11-15)22-21(26(19)4)27-10-7-16(28)12-27/h5-6,11,16,28H,7-10,12H2,1-4H3,(H,23,24)/t16-/m0/s1. The zero-order chi connectivity index (χ0) is 20.7. The highest BCUT2D eigenvalue weighted by molar-refractivity contribution is 5.97. The zero-order valence-corrected chi connectivity index (χ0v) is 17.4. The van der Waals surface area contributed by atoms with Crippen molar-refractivity contribution in [3.63, 3.8) is 0 Å². The van der Waals surface area contributed by atoms with Crippen LogP contribution in [-0.2, 0) is 13.5 Å². The second-order valence-corrected chi connectivity index (χ2v) is 7.95. The average molecular weight is 396 g/mol. The molecule has 3 heterocycles. The van der Waals surface area contributed by atoms with E-state index in [9.17, 15) is 9.90 Å². The first kappa shape index (κ1) is 19.4. The van der Waals surface area contributed by atoms with Gasteiger partial charge in [0.05, 0.1) is 22.8 Å². The molecule has 2 aromatic heterocycles. The number of aromatic amines is 1. The molecule has 1 saturated heterocycles. The fourth-order valence-corrected chi connectivity index (χ4v) is 4.07. The van der Waals surface area contributed by atoms with Gasteiger partial charge in [0.2, 0.25) is 5.95 Å². The third kappa shape index (κ3) is 3.60. The van der Waals surface area contributed by atoms with Crippen LogP contribution < -0.4 is 4.90 Å². The van der Waals surface area contributed by atoms with Crippen molar-refractivity contribution >= 4 is 22.9 Å². The number of hydrogen-bond acceptors (Lipinski definition) is 5. The molecule has 0 aliphatic carbocycles. The van der Waals surface area contributed by atoms with Crippen LogP contribution in [-0.4, -0.2) is 68.4 Å². The number of benzene rings is 1. The number of anilines is 1. The van der Waals surface area contributed by atoms with Gasteiger partial charge in [-0.3, -0.25) is 9.89 Å². The number of carbonyl (C=O) groups excluding carboxylic acids is 1. The number of amides is 1. The van der Waals surface area contributed by atoms with Gasteiger partial charge in [-0.2, -0.15) is 5.10 Å². The van der Waals surface area contributed by atoms with Crippen LogP contribution in [0.1, 0.15) is 33.7 Å². The molecule has 3 aromatic rings. The zero-order valence-electron chi connectivity index (χ0n) is 17.4. The van der Waals surface area contributed by atoms with Crippen molar-refractivity contribution in [1.82, 2.24) is 24.6 Å². The fraction of sp³-hybridized carbons (Fsp3) is 0.476. The summed E-state index contributed by atoms with van der Waals surface area (Å²) >= 11 is 0. The van der Waals surface area contributed by atoms with Gasteiger partial charge in [-0.05, 0) is 50.5 Å². The Balaban J connectivity index is 1.51. The van der Waals surface area contributed by atoms with Gasteiger partial charge in [0, 0.05) is 45.0 Å². The van der Waals surface area contributed by atoms with E-state index >= 15 is 0 Å². The highest BCUT2D eigenvalue weighted by atomic mass is 16.3. The number of aryl methyl sites for hydroxylation is 3. The van der Waals surface area contributed by atoms with Gasteiger partial charge in [-0.25, -0.2) is 4.98 Å². The van der Waals surface area contributed by atoms with Crippen molar-refractivity contribution in [1.29, 1.82) is 0 Å². The Hall–Kier alpha value is -2.87. The molecule has 1 fully saturated rings. The summed E-state index contributed by atoms with van der Waals surface area (Å²) in [6.07, 6.45) is 1.22. The van der Waals surface area contributed by atoms with Crippen molar-refractivity contribution < 1.29 is 9.90 Å². The molecule has 8 heteroatoms. The molecule has 4 rings (SSSR count). The van der Waals surface area contributed by atoms with E-state index in [4.69, 9.17) is 4.98 Å². The van der Waals surface area contributed by atoms with Crippen LogP contribution in [0.3, 0.4) is 0 Å². The number of aliphatic hydroxyl groups excluding tert-OH is 1. The second-order valence-electron chi connectivity index (χ2n) is 7.95. The summed E-state index contributed by atoms with van der Waals surface area (Å²) < 4.78 is 2.02. The predicted octanol–water partition coefficient (Wildman–Crippen LogP) is 1.80. The SMILES string of the molecule is Cc1n[nH]c(C)c1CCN(C)C(=O)c1ccc2c(c1)nc(N1CC[C@H](O)C1)n2C. The number of rotatable bonds is 5. The summed E-state index contributed by atoms with van der Waals surface area (Å²) in [7, 11) is 3.80. The van der Waals surface area contributed by atoms with Crippen molar-refractivity contribution in [3.05, 3.63) is 40.7 Å². The van der Waals surface area contributed by atoms with Crippen molar-refractivity contribution in [2.75, 3.05) is 31.6 Å². The average Bonchev–Trinajstić information content (AvgIpc) is 3.37. The molecule has 0 bridgehead atoms. The Kier molecular flexibility index (Phi) is 5.04. The van der Waals surface area contributed by atoms with Crippen LogP contribution in [0.2, 0.25) is 0 Å². The Morgan fingerprint density at radius 3 is 2.83 bits per heavy atom. The summed E-state index contributed by atoms with van der Waals surface area (Å²) in [5.74, 6) is 0.815. The van der Waals surface area contributed by atoms with Gasteiger partial charge in [0.15, 0.2) is 0 Å². The van der Waals surface area contributed by atoms with Gasteiger partial charge in [-0.1, -0.05) is 0 Å². The highest BCUT2D eigenvalue weighted by Gasteiger charge is 2.24. The van der Waals surface area contributed by atoms with E-state index in [0.29, 0.717) is 18.7 Å². The topological polar surface area (TPSA) is 90.3 Å². The Bertz CT molecular complexity index is 1030. The summed E-state index contributed by atoms with van der Waals surface area (Å²) in [5, 5.41) is 17.0. The normalized spacial score (nSPS) is 16.7. The van der Waals surface area contributed by atoms with Crippen LogP contribution in [0.25, 0.3) is 11.0 Å². The lowest BCUT2D eigenvalue weighted by Gasteiger charge is -2.17. The maximum Gasteiger partial charge on any atom is 0.253 e. The minimum absolute atomic E-state index is 0.0190. The van der Waals surface area contributed by atoms with Crippen LogP contribution in [0.4, 0.5) is 5.95 Å². The number of imidazole rings is 1. The second kappa shape index (κ2) is 7.51. The highest BCUT2D eigenvalue weighted by Crippen LogP contribution is 2.25. The van der Waals surface area contributed by atoms with Crippen LogP contribution in [0.15, 0.2) is 18.2 Å². The maximum absolute atomic E-state index is 12.9. The van der Waals surface area contributed by atoms with E-state index in [2.05, 4.69) is 15.1 Å². The number of carbonyl (C=O) groups is 1. The minimum atomic E-state index is -0.303. The number of H-pyrrole nitrogens is 1. The molecule has 154 valence electrons. The lowest BCUT2D eigenvalue weighted by molar-refractivity contribution is 0.0796. The molecule has 0 saturated carbocycles. The fourth-order valence-electron chi connectivity index (χ4n) is 4.07. The predicted molar refractivity (Wildman–Crippen MR) is 112 cm³/mol. The van der Waals surface area contributed by atoms with E-state index in [0.717, 1.165) is 47.8 Å². The number of fused-ring (bicyclic) bond motifs is 1. The molecule has 1 amide bonds. The van der Waals surface area contributed by atoms with Gasteiger partial charge >= 0.3 is 0 Å². The van der Waals surface area contributed by atoms with Gasteiger partial charge in [0.25, 0.3) is 5.91 Å². The van der Waals surface area contributed by atoms with Gasteiger partial charge in [0.1, 0.15) is 0 Å². The summed E-state index contributed by atoms with van der Waals surface area (Å²) in [4.78, 5) is 21.5. The summed E-state index contributed by atoms with van der Waals surface area (Å²) in [5.41, 5.74) is 5.61. The van der Waals surface area contributed by atoms with E-state index in [1.807, 2.05) is 50.7 Å². The molecule has 0 radical (unpaired) electrons. The number of likely N-dealkylation sites (N-methyl/N-ethyl adjacent to an activating group) is 1. The number of aromatic nitrogens is 4. The van der Waals surface area contributed by atoms with E-state index in [-0.39, 0.29) is 12.0 Å². The monoisotopic (exact) mass is 396 g/mol. The number of aliphatic hydroxyl groups is 1. The molecule has 1 aliphatic heterocycles. The Labute approximate surface area is 170 Å². The molecule has 2 N–H and O–H groups in total. The molecule has 0 spiro atoms. The molecule has 29 heavy (non-hydrogen) atoms. The molecular formula is C21H28N6O2. The lowest BCUT2D eigenvalue weighted by atomic mass is 10.1. The Morgan fingerprint density at radius 2 is 2.17 bits per heavy atom. The van der Waals surface area contributed by atoms with E-state index < -0.39 is 0 Å². The quantitative estimate of drug-likeness (QED) is 0.686. The first-order valence-electron chi connectivity index (χ1n) is 10.0. The van der Waals surface area contributed by atoms with Crippen molar-refractivity contribution in [2.24, 2.45) is 7.05 Å². The lowest BCUT2D eigenvalue weighted by Crippen LogP contribution is -2.29. The molecule has 0 unspecified atom stereocenters.